The van der Waals surface area contributed by atoms with Crippen molar-refractivity contribution in [1.29, 1.82) is 0 Å². The lowest BCUT2D eigenvalue weighted by molar-refractivity contribution is -0.135. The summed E-state index contributed by atoms with van der Waals surface area (Å²) in [7, 11) is 0. The van der Waals surface area contributed by atoms with Crippen molar-refractivity contribution in [2.45, 2.75) is 51.1 Å². The molecule has 0 saturated carbocycles. The number of nitrogens with zero attached hydrogens (tertiary/aromatic N) is 1. The molecule has 0 spiro atoms. The number of likely N-dealkylation sites (N-methyl/N-ethyl adjacent to an activating group) is 1. The van der Waals surface area contributed by atoms with E-state index in [0.29, 0.717) is 61.4 Å². The van der Waals surface area contributed by atoms with Gasteiger partial charge in [-0.15, -0.1) is 0 Å². The van der Waals surface area contributed by atoms with Crippen LogP contribution >= 0.6 is 0 Å². The number of piperidine rings is 1. The van der Waals surface area contributed by atoms with Crippen molar-refractivity contribution in [3.05, 3.63) is 18.2 Å². The minimum atomic E-state index is -0.197. The summed E-state index contributed by atoms with van der Waals surface area (Å²) in [5.41, 5.74) is 0.646. The molecule has 3 aliphatic heterocycles. The number of rotatable bonds is 6. The average Bonchev–Trinajstić information content (AvgIpc) is 3.04. The third-order valence-corrected chi connectivity index (χ3v) is 5.93. The van der Waals surface area contributed by atoms with E-state index in [9.17, 15) is 9.59 Å². The van der Waals surface area contributed by atoms with Crippen LogP contribution in [0.1, 0.15) is 39.0 Å². The van der Waals surface area contributed by atoms with Gasteiger partial charge in [0.15, 0.2) is 11.5 Å². The van der Waals surface area contributed by atoms with Crippen LogP contribution < -0.4 is 20.1 Å². The van der Waals surface area contributed by atoms with Gasteiger partial charge >= 0.3 is 0 Å². The zero-order valence-corrected chi connectivity index (χ0v) is 16.4. The van der Waals surface area contributed by atoms with Crippen molar-refractivity contribution in [1.82, 2.24) is 10.2 Å². The predicted molar refractivity (Wildman–Crippen MR) is 106 cm³/mol. The predicted octanol–water partition coefficient (Wildman–Crippen LogP) is 2.17. The largest absolute Gasteiger partial charge is 0.486 e. The Balaban J connectivity index is 1.30. The van der Waals surface area contributed by atoms with E-state index < -0.39 is 0 Å². The maximum atomic E-state index is 12.7. The van der Waals surface area contributed by atoms with Crippen molar-refractivity contribution < 1.29 is 19.1 Å². The first-order chi connectivity index (χ1) is 13.6. The molecule has 28 heavy (non-hydrogen) atoms. The SMILES string of the molecule is CCN(CC(=O)Nc1ccc2c(c1)OCCO2)C(=O)CC1CC2CCC(C1)N2. The fourth-order valence-electron chi connectivity index (χ4n) is 4.59. The number of hydrogen-bond acceptors (Lipinski definition) is 5. The van der Waals surface area contributed by atoms with E-state index in [0.717, 1.165) is 12.8 Å². The highest BCUT2D eigenvalue weighted by atomic mass is 16.6. The van der Waals surface area contributed by atoms with Crippen LogP contribution in [0.5, 0.6) is 11.5 Å². The second-order valence-electron chi connectivity index (χ2n) is 7.99. The third kappa shape index (κ3) is 4.41. The van der Waals surface area contributed by atoms with E-state index in [-0.39, 0.29) is 18.4 Å². The van der Waals surface area contributed by atoms with Crippen LogP contribution in [0.3, 0.4) is 0 Å². The molecule has 0 radical (unpaired) electrons. The fraction of sp³-hybridized carbons (Fsp3) is 0.619. The molecule has 3 heterocycles. The number of ether oxygens (including phenoxy) is 2. The lowest BCUT2D eigenvalue weighted by Gasteiger charge is -2.30. The number of fused-ring (bicyclic) bond motifs is 3. The molecule has 2 amide bonds. The van der Waals surface area contributed by atoms with Gasteiger partial charge in [-0.3, -0.25) is 9.59 Å². The summed E-state index contributed by atoms with van der Waals surface area (Å²) in [5, 5.41) is 6.47. The molecule has 7 nitrogen and oxygen atoms in total. The minimum Gasteiger partial charge on any atom is -0.486 e. The zero-order chi connectivity index (χ0) is 19.5. The first-order valence-corrected chi connectivity index (χ1v) is 10.3. The van der Waals surface area contributed by atoms with Crippen LogP contribution in [0.15, 0.2) is 18.2 Å². The third-order valence-electron chi connectivity index (χ3n) is 5.93. The van der Waals surface area contributed by atoms with Crippen molar-refractivity contribution in [3.63, 3.8) is 0 Å². The van der Waals surface area contributed by atoms with Gasteiger partial charge in [-0.2, -0.15) is 0 Å². The molecule has 2 atom stereocenters. The van der Waals surface area contributed by atoms with E-state index in [2.05, 4.69) is 10.6 Å². The van der Waals surface area contributed by atoms with E-state index in [4.69, 9.17) is 9.47 Å². The molecule has 2 fully saturated rings. The number of hydrogen-bond donors (Lipinski definition) is 2. The second kappa shape index (κ2) is 8.39. The molecule has 2 N–H and O–H groups in total. The average molecular weight is 387 g/mol. The zero-order valence-electron chi connectivity index (χ0n) is 16.4. The molecule has 7 heteroatoms. The summed E-state index contributed by atoms with van der Waals surface area (Å²) in [5.74, 6) is 1.63. The summed E-state index contributed by atoms with van der Waals surface area (Å²) in [6.45, 7) is 3.56. The monoisotopic (exact) mass is 387 g/mol. The van der Waals surface area contributed by atoms with E-state index in [1.54, 1.807) is 23.1 Å². The van der Waals surface area contributed by atoms with Gasteiger partial charge in [-0.25, -0.2) is 0 Å². The number of carbonyl (C=O) groups excluding carboxylic acids is 2. The summed E-state index contributed by atoms with van der Waals surface area (Å²) in [4.78, 5) is 26.9. The van der Waals surface area contributed by atoms with Crippen molar-refractivity contribution >= 4 is 17.5 Å². The number of amides is 2. The molecule has 1 aromatic carbocycles. The lowest BCUT2D eigenvalue weighted by Crippen LogP contribution is -2.42. The highest BCUT2D eigenvalue weighted by molar-refractivity contribution is 5.94. The lowest BCUT2D eigenvalue weighted by atomic mass is 9.89. The molecule has 0 aromatic heterocycles. The molecule has 1 aromatic rings. The van der Waals surface area contributed by atoms with Gasteiger partial charge in [0.2, 0.25) is 11.8 Å². The van der Waals surface area contributed by atoms with Gasteiger partial charge < -0.3 is 25.0 Å². The first-order valence-electron chi connectivity index (χ1n) is 10.3. The Morgan fingerprint density at radius 2 is 1.86 bits per heavy atom. The van der Waals surface area contributed by atoms with Gasteiger partial charge in [0, 0.05) is 36.8 Å². The van der Waals surface area contributed by atoms with E-state index in [1.807, 2.05) is 6.92 Å². The van der Waals surface area contributed by atoms with Gasteiger partial charge in [-0.1, -0.05) is 0 Å². The first kappa shape index (κ1) is 19.1. The summed E-state index contributed by atoms with van der Waals surface area (Å²) in [6, 6.07) is 6.48. The molecule has 2 bridgehead atoms. The highest BCUT2D eigenvalue weighted by Crippen LogP contribution is 2.33. The Morgan fingerprint density at radius 1 is 1.14 bits per heavy atom. The highest BCUT2D eigenvalue weighted by Gasteiger charge is 2.34. The molecule has 4 rings (SSSR count). The Hall–Kier alpha value is -2.28. The molecule has 152 valence electrons. The maximum absolute atomic E-state index is 12.7. The standard InChI is InChI=1S/C21H29N3O4/c1-2-24(21(26)11-14-9-15-3-4-16(10-14)22-15)13-20(25)23-17-5-6-18-19(12-17)28-8-7-27-18/h5-6,12,14-16,22H,2-4,7-11,13H2,1H3,(H,23,25). The molecule has 3 aliphatic rings. The Kier molecular flexibility index (Phi) is 5.71. The molecule has 2 saturated heterocycles. The summed E-state index contributed by atoms with van der Waals surface area (Å²) in [6.07, 6.45) is 5.14. The van der Waals surface area contributed by atoms with Crippen LogP contribution in [-0.2, 0) is 9.59 Å². The van der Waals surface area contributed by atoms with Gasteiger partial charge in [0.05, 0.1) is 6.54 Å². The van der Waals surface area contributed by atoms with Crippen LogP contribution in [0.4, 0.5) is 5.69 Å². The molecule has 2 unspecified atom stereocenters. The van der Waals surface area contributed by atoms with Crippen molar-refractivity contribution in [2.24, 2.45) is 5.92 Å². The Bertz CT molecular complexity index is 726. The maximum Gasteiger partial charge on any atom is 0.243 e. The fourth-order valence-corrected chi connectivity index (χ4v) is 4.59. The number of anilines is 1. The molecule has 0 aliphatic carbocycles. The van der Waals surface area contributed by atoms with Gasteiger partial charge in [0.1, 0.15) is 13.2 Å². The Labute approximate surface area is 165 Å². The van der Waals surface area contributed by atoms with Gasteiger partial charge in [0.25, 0.3) is 0 Å². The Morgan fingerprint density at radius 3 is 2.57 bits per heavy atom. The van der Waals surface area contributed by atoms with Crippen molar-refractivity contribution in [3.8, 4) is 11.5 Å². The smallest absolute Gasteiger partial charge is 0.243 e. The second-order valence-corrected chi connectivity index (χ2v) is 7.99. The van der Waals surface area contributed by atoms with Crippen LogP contribution in [-0.4, -0.2) is 55.1 Å². The normalized spacial score (nSPS) is 25.2. The number of nitrogens with one attached hydrogen (secondary N) is 2. The number of carbonyl (C=O) groups is 2. The van der Waals surface area contributed by atoms with Crippen molar-refractivity contribution in [2.75, 3.05) is 31.6 Å². The molecular formula is C21H29N3O4. The summed E-state index contributed by atoms with van der Waals surface area (Å²) >= 11 is 0. The van der Waals surface area contributed by atoms with Crippen LogP contribution in [0.25, 0.3) is 0 Å². The minimum absolute atomic E-state index is 0.0710. The van der Waals surface area contributed by atoms with Gasteiger partial charge in [-0.05, 0) is 50.7 Å². The topological polar surface area (TPSA) is 79.9 Å². The quantitative estimate of drug-likeness (QED) is 0.782. The number of benzene rings is 1. The van der Waals surface area contributed by atoms with E-state index >= 15 is 0 Å². The van der Waals surface area contributed by atoms with Crippen LogP contribution in [0, 0.1) is 5.92 Å². The van der Waals surface area contributed by atoms with Crippen LogP contribution in [0.2, 0.25) is 0 Å². The summed E-state index contributed by atoms with van der Waals surface area (Å²) < 4.78 is 11.0. The van der Waals surface area contributed by atoms with E-state index in [1.165, 1.54) is 12.8 Å². The molecular weight excluding hydrogens is 358 g/mol.